The minimum atomic E-state index is -0.584. The molecule has 0 aliphatic carbocycles. The molecule has 0 bridgehead atoms. The molecule has 4 amide bonds. The van der Waals surface area contributed by atoms with Crippen molar-refractivity contribution in [2.24, 2.45) is 0 Å². The van der Waals surface area contributed by atoms with E-state index in [0.717, 1.165) is 4.90 Å². The van der Waals surface area contributed by atoms with Crippen molar-refractivity contribution in [1.82, 2.24) is 10.2 Å². The van der Waals surface area contributed by atoms with Crippen molar-refractivity contribution >= 4 is 29.7 Å². The fourth-order valence-electron chi connectivity index (χ4n) is 2.94. The molecular weight excluding hydrogens is 344 g/mol. The maximum absolute atomic E-state index is 13.3. The van der Waals surface area contributed by atoms with Crippen LogP contribution in [0.1, 0.15) is 0 Å². The number of carbonyl (C=O) groups excluding carboxylic acids is 3. The fraction of sp³-hybridized carbons (Fsp3) is 0.250. The topological polar surface area (TPSA) is 73.0 Å². The summed E-state index contributed by atoms with van der Waals surface area (Å²) in [5, 5.41) is 3.19. The zero-order chi connectivity index (χ0) is 19.1. The molecule has 1 aliphatic heterocycles. The molecule has 1 radical (unpaired) electrons. The summed E-state index contributed by atoms with van der Waals surface area (Å²) >= 11 is 0. The molecule has 7 heteroatoms. The second-order valence-electron chi connectivity index (χ2n) is 6.04. The molecule has 1 heterocycles. The van der Waals surface area contributed by atoms with Gasteiger partial charge in [0, 0.05) is 31.9 Å². The highest BCUT2D eigenvalue weighted by Gasteiger charge is 2.32. The lowest BCUT2D eigenvalue weighted by Crippen LogP contribution is -2.56. The Morgan fingerprint density at radius 1 is 0.926 bits per heavy atom. The molecule has 1 saturated heterocycles. The van der Waals surface area contributed by atoms with E-state index < -0.39 is 12.1 Å². The van der Waals surface area contributed by atoms with Crippen LogP contribution in [0.5, 0.6) is 0 Å². The Kier molecular flexibility index (Phi) is 6.17. The van der Waals surface area contributed by atoms with Crippen LogP contribution in [-0.2, 0) is 4.79 Å². The number of piperazine rings is 1. The van der Waals surface area contributed by atoms with E-state index in [0.29, 0.717) is 37.6 Å². The molecule has 0 aromatic heterocycles. The minimum Gasteiger partial charge on any atom is -0.321 e. The zero-order valence-electron chi connectivity index (χ0n) is 14.9. The van der Waals surface area contributed by atoms with Crippen LogP contribution in [0.3, 0.4) is 0 Å². The molecule has 7 nitrogen and oxygen atoms in total. The van der Waals surface area contributed by atoms with Crippen LogP contribution in [0.2, 0.25) is 0 Å². The third-order valence-electron chi connectivity index (χ3n) is 4.31. The maximum atomic E-state index is 13.3. The molecule has 1 fully saturated rings. The van der Waals surface area contributed by atoms with Gasteiger partial charge in [-0.1, -0.05) is 36.4 Å². The number of para-hydroxylation sites is 2. The van der Waals surface area contributed by atoms with E-state index in [-0.39, 0.29) is 6.54 Å². The van der Waals surface area contributed by atoms with Crippen molar-refractivity contribution < 1.29 is 14.4 Å². The lowest BCUT2D eigenvalue weighted by atomic mass is 10.2. The van der Waals surface area contributed by atoms with Gasteiger partial charge in [0.05, 0.1) is 12.2 Å². The summed E-state index contributed by atoms with van der Waals surface area (Å²) in [5.41, 5.74) is 0.984. The first-order valence-corrected chi connectivity index (χ1v) is 8.78. The molecular formula is C20H21N4O3. The molecule has 0 saturated carbocycles. The number of nitrogens with one attached hydrogen (secondary N) is 1. The molecule has 1 N–H and O–H groups in total. The van der Waals surface area contributed by atoms with E-state index in [1.165, 1.54) is 4.90 Å². The first-order valence-electron chi connectivity index (χ1n) is 8.78. The third kappa shape index (κ3) is 4.32. The maximum Gasteiger partial charge on any atom is 0.337 e. The molecule has 2 aromatic rings. The van der Waals surface area contributed by atoms with Gasteiger partial charge >= 0.3 is 12.1 Å². The van der Waals surface area contributed by atoms with Gasteiger partial charge in [-0.2, -0.15) is 0 Å². The van der Waals surface area contributed by atoms with Gasteiger partial charge in [0.25, 0.3) is 0 Å². The van der Waals surface area contributed by atoms with Gasteiger partial charge < -0.3 is 10.2 Å². The van der Waals surface area contributed by atoms with Crippen molar-refractivity contribution in [3.8, 4) is 0 Å². The van der Waals surface area contributed by atoms with E-state index in [9.17, 15) is 14.4 Å². The first-order chi connectivity index (χ1) is 13.2. The zero-order valence-corrected chi connectivity index (χ0v) is 14.9. The predicted molar refractivity (Wildman–Crippen MR) is 104 cm³/mol. The lowest BCUT2D eigenvalue weighted by Gasteiger charge is -2.34. The average Bonchev–Trinajstić information content (AvgIpc) is 2.74. The fourth-order valence-corrected chi connectivity index (χ4v) is 2.94. The number of hydrogen-bond donors (Lipinski definition) is 1. The molecule has 0 atom stereocenters. The Hall–Kier alpha value is -3.19. The van der Waals surface area contributed by atoms with E-state index in [2.05, 4.69) is 5.32 Å². The normalized spacial score (nSPS) is 13.7. The van der Waals surface area contributed by atoms with Gasteiger partial charge in [-0.15, -0.1) is 0 Å². The number of hydrogen-bond acceptors (Lipinski definition) is 4. The molecule has 27 heavy (non-hydrogen) atoms. The Bertz CT molecular complexity index is 776. The van der Waals surface area contributed by atoms with Gasteiger partial charge in [-0.3, -0.25) is 9.69 Å². The number of benzene rings is 2. The molecule has 0 unspecified atom stereocenters. The van der Waals surface area contributed by atoms with E-state index in [1.54, 1.807) is 59.7 Å². The number of anilines is 2. The smallest absolute Gasteiger partial charge is 0.321 e. The van der Waals surface area contributed by atoms with Gasteiger partial charge in [0.15, 0.2) is 0 Å². The van der Waals surface area contributed by atoms with Crippen LogP contribution in [0, 0.1) is 0 Å². The molecule has 1 aliphatic rings. The van der Waals surface area contributed by atoms with Gasteiger partial charge in [-0.25, -0.2) is 14.5 Å². The molecule has 0 spiro atoms. The van der Waals surface area contributed by atoms with Crippen molar-refractivity contribution in [3.63, 3.8) is 0 Å². The summed E-state index contributed by atoms with van der Waals surface area (Å²) in [5.74, 6) is 0. The van der Waals surface area contributed by atoms with Crippen LogP contribution < -0.4 is 15.1 Å². The average molecular weight is 365 g/mol. The van der Waals surface area contributed by atoms with E-state index in [4.69, 9.17) is 0 Å². The Labute approximate surface area is 158 Å². The summed E-state index contributed by atoms with van der Waals surface area (Å²) in [6.07, 6.45) is 1.77. The van der Waals surface area contributed by atoms with E-state index >= 15 is 0 Å². The second kappa shape index (κ2) is 8.95. The summed E-state index contributed by atoms with van der Waals surface area (Å²) in [6.45, 7) is 2.11. The Morgan fingerprint density at radius 2 is 1.48 bits per heavy atom. The molecule has 3 rings (SSSR count). The summed E-state index contributed by atoms with van der Waals surface area (Å²) in [6, 6.07) is 16.5. The second-order valence-corrected chi connectivity index (χ2v) is 6.04. The van der Waals surface area contributed by atoms with Crippen LogP contribution in [0.4, 0.5) is 21.0 Å². The SMILES string of the molecule is O=[C]CN(C(=O)N(C(=O)N1CCNCC1)c1ccccc1)c1ccccc1. The van der Waals surface area contributed by atoms with Crippen molar-refractivity contribution in [3.05, 3.63) is 60.7 Å². The number of imide groups is 1. The highest BCUT2D eigenvalue weighted by Crippen LogP contribution is 2.22. The largest absolute Gasteiger partial charge is 0.337 e. The first kappa shape index (κ1) is 18.6. The number of urea groups is 2. The number of carbonyl (C=O) groups is 2. The molecule has 2 aromatic carbocycles. The summed E-state index contributed by atoms with van der Waals surface area (Å²) in [7, 11) is 0. The lowest BCUT2D eigenvalue weighted by molar-refractivity contribution is 0.195. The number of amides is 4. The van der Waals surface area contributed by atoms with Crippen LogP contribution in [-0.4, -0.2) is 56.0 Å². The van der Waals surface area contributed by atoms with Crippen LogP contribution in [0.25, 0.3) is 0 Å². The van der Waals surface area contributed by atoms with Gasteiger partial charge in [0.2, 0.25) is 6.29 Å². The molecule has 139 valence electrons. The van der Waals surface area contributed by atoms with Crippen molar-refractivity contribution in [1.29, 1.82) is 0 Å². The highest BCUT2D eigenvalue weighted by atomic mass is 16.2. The number of nitrogens with zero attached hydrogens (tertiary/aromatic N) is 3. The standard InChI is InChI=1S/C20H21N4O3/c25-16-15-23(17-7-3-1-4-8-17)20(27)24(18-9-5-2-6-10-18)19(26)22-13-11-21-12-14-22/h1-10,21H,11-15H2. The van der Waals surface area contributed by atoms with Gasteiger partial charge in [0.1, 0.15) is 0 Å². The third-order valence-corrected chi connectivity index (χ3v) is 4.31. The minimum absolute atomic E-state index is 0.263. The van der Waals surface area contributed by atoms with Crippen LogP contribution in [0.15, 0.2) is 60.7 Å². The van der Waals surface area contributed by atoms with Crippen LogP contribution >= 0.6 is 0 Å². The predicted octanol–water partition coefficient (Wildman–Crippen LogP) is 2.25. The quantitative estimate of drug-likeness (QED) is 0.902. The Morgan fingerprint density at radius 3 is 2.04 bits per heavy atom. The summed E-state index contributed by atoms with van der Waals surface area (Å²) in [4.78, 5) is 41.6. The summed E-state index contributed by atoms with van der Waals surface area (Å²) < 4.78 is 0. The number of rotatable bonds is 4. The van der Waals surface area contributed by atoms with Crippen molar-refractivity contribution in [2.45, 2.75) is 0 Å². The highest BCUT2D eigenvalue weighted by molar-refractivity contribution is 6.19. The van der Waals surface area contributed by atoms with Gasteiger partial charge in [-0.05, 0) is 24.3 Å². The van der Waals surface area contributed by atoms with Crippen molar-refractivity contribution in [2.75, 3.05) is 42.5 Å². The van der Waals surface area contributed by atoms with E-state index in [1.807, 2.05) is 12.1 Å². The Balaban J connectivity index is 1.96. The monoisotopic (exact) mass is 365 g/mol.